The molecule has 9 heteroatoms. The van der Waals surface area contributed by atoms with Crippen LogP contribution in [0.3, 0.4) is 0 Å². The number of esters is 1. The summed E-state index contributed by atoms with van der Waals surface area (Å²) in [6.45, 7) is 4.99. The van der Waals surface area contributed by atoms with E-state index in [1.54, 1.807) is 50.2 Å². The highest BCUT2D eigenvalue weighted by atomic mass is 35.5. The zero-order valence-electron chi connectivity index (χ0n) is 16.5. The number of nitrogens with zero attached hydrogens (tertiary/aromatic N) is 2. The van der Waals surface area contributed by atoms with Gasteiger partial charge in [-0.25, -0.2) is 9.48 Å². The number of carbonyl (C=O) groups excluding carboxylic acids is 2. The van der Waals surface area contributed by atoms with Crippen molar-refractivity contribution in [2.75, 3.05) is 5.32 Å². The van der Waals surface area contributed by atoms with Crippen molar-refractivity contribution in [3.8, 4) is 0 Å². The number of fused-ring (bicyclic) bond motifs is 1. The number of aromatic nitrogens is 2. The second kappa shape index (κ2) is 8.85. The fraction of sp³-hybridized carbons (Fsp3) is 0.238. The van der Waals surface area contributed by atoms with Gasteiger partial charge in [0.2, 0.25) is 0 Å². The Labute approximate surface area is 182 Å². The highest BCUT2D eigenvalue weighted by Gasteiger charge is 2.24. The van der Waals surface area contributed by atoms with Gasteiger partial charge in [-0.05, 0) is 45.0 Å². The van der Waals surface area contributed by atoms with Gasteiger partial charge < -0.3 is 10.1 Å². The van der Waals surface area contributed by atoms with Crippen LogP contribution < -0.4 is 10.9 Å². The Kier molecular flexibility index (Phi) is 6.43. The Morgan fingerprint density at radius 2 is 1.73 bits per heavy atom. The number of hydrogen-bond acceptors (Lipinski definition) is 5. The van der Waals surface area contributed by atoms with Gasteiger partial charge in [0.1, 0.15) is 0 Å². The first-order valence-electron chi connectivity index (χ1n) is 9.17. The molecule has 1 unspecified atom stereocenters. The standard InChI is InChI=1S/C21H19Cl2N3O4/c1-11(2)26-20(28)15-7-5-4-6-14(15)18(25-26)21(29)30-12(3)19(27)24-17-9-8-13(22)10-16(17)23/h4-12H,1-3H3,(H,24,27). The molecule has 0 aliphatic rings. The smallest absolute Gasteiger partial charge is 0.360 e. The van der Waals surface area contributed by atoms with Crippen LogP contribution in [0.25, 0.3) is 10.8 Å². The number of ether oxygens (including phenoxy) is 1. The van der Waals surface area contributed by atoms with E-state index in [-0.39, 0.29) is 22.3 Å². The second-order valence-corrected chi connectivity index (χ2v) is 7.74. The number of benzene rings is 2. The van der Waals surface area contributed by atoms with E-state index in [4.69, 9.17) is 27.9 Å². The average molecular weight is 448 g/mol. The van der Waals surface area contributed by atoms with E-state index in [1.807, 2.05) is 0 Å². The Morgan fingerprint density at radius 1 is 1.07 bits per heavy atom. The molecule has 0 bridgehead atoms. The maximum absolute atomic E-state index is 12.8. The van der Waals surface area contributed by atoms with Crippen LogP contribution in [0.4, 0.5) is 5.69 Å². The first-order valence-corrected chi connectivity index (χ1v) is 9.93. The Balaban J connectivity index is 1.86. The lowest BCUT2D eigenvalue weighted by atomic mass is 10.1. The lowest BCUT2D eigenvalue weighted by molar-refractivity contribution is -0.123. The Morgan fingerprint density at radius 3 is 2.37 bits per heavy atom. The summed E-state index contributed by atoms with van der Waals surface area (Å²) in [7, 11) is 0. The van der Waals surface area contributed by atoms with Crippen molar-refractivity contribution >= 4 is 51.5 Å². The third-order valence-corrected chi connectivity index (χ3v) is 4.90. The first-order chi connectivity index (χ1) is 14.2. The minimum Gasteiger partial charge on any atom is -0.448 e. The molecule has 7 nitrogen and oxygen atoms in total. The average Bonchev–Trinajstić information content (AvgIpc) is 2.70. The van der Waals surface area contributed by atoms with E-state index in [1.165, 1.54) is 17.7 Å². The number of hydrogen-bond donors (Lipinski definition) is 1. The van der Waals surface area contributed by atoms with E-state index in [0.717, 1.165) is 0 Å². The molecule has 3 aromatic rings. The Hall–Kier alpha value is -2.90. The summed E-state index contributed by atoms with van der Waals surface area (Å²) < 4.78 is 6.54. The third kappa shape index (κ3) is 4.47. The summed E-state index contributed by atoms with van der Waals surface area (Å²) in [5, 5.41) is 8.16. The molecular weight excluding hydrogens is 429 g/mol. The number of halogens is 2. The topological polar surface area (TPSA) is 90.3 Å². The molecule has 0 spiro atoms. The molecule has 30 heavy (non-hydrogen) atoms. The van der Waals surface area contributed by atoms with Crippen molar-refractivity contribution < 1.29 is 14.3 Å². The maximum Gasteiger partial charge on any atom is 0.360 e. The van der Waals surface area contributed by atoms with E-state index >= 15 is 0 Å². The molecule has 0 radical (unpaired) electrons. The number of anilines is 1. The molecule has 3 rings (SSSR count). The van der Waals surface area contributed by atoms with Crippen molar-refractivity contribution in [1.29, 1.82) is 0 Å². The quantitative estimate of drug-likeness (QED) is 0.582. The number of rotatable bonds is 5. The van der Waals surface area contributed by atoms with Crippen LogP contribution in [-0.4, -0.2) is 27.8 Å². The molecular formula is C21H19Cl2N3O4. The van der Waals surface area contributed by atoms with Crippen LogP contribution >= 0.6 is 23.2 Å². The number of amides is 1. The fourth-order valence-corrected chi connectivity index (χ4v) is 3.26. The predicted molar refractivity (Wildman–Crippen MR) is 116 cm³/mol. The summed E-state index contributed by atoms with van der Waals surface area (Å²) >= 11 is 11.9. The summed E-state index contributed by atoms with van der Waals surface area (Å²) in [4.78, 5) is 37.9. The van der Waals surface area contributed by atoms with Crippen molar-refractivity contribution in [3.05, 3.63) is 68.6 Å². The molecule has 0 aliphatic carbocycles. The van der Waals surface area contributed by atoms with E-state index < -0.39 is 18.0 Å². The second-order valence-electron chi connectivity index (χ2n) is 6.90. The van der Waals surface area contributed by atoms with Crippen molar-refractivity contribution in [1.82, 2.24) is 9.78 Å². The van der Waals surface area contributed by atoms with Crippen molar-refractivity contribution in [2.45, 2.75) is 32.9 Å². The SMILES string of the molecule is CC(OC(=O)c1nn(C(C)C)c(=O)c2ccccc12)C(=O)Nc1ccc(Cl)cc1Cl. The summed E-state index contributed by atoms with van der Waals surface area (Å²) in [6, 6.07) is 11.0. The summed E-state index contributed by atoms with van der Waals surface area (Å²) in [6.07, 6.45) is -1.13. The van der Waals surface area contributed by atoms with Gasteiger partial charge in [-0.3, -0.25) is 9.59 Å². The van der Waals surface area contributed by atoms with Gasteiger partial charge >= 0.3 is 5.97 Å². The van der Waals surface area contributed by atoms with Crippen LogP contribution in [0.1, 0.15) is 37.3 Å². The minimum atomic E-state index is -1.13. The van der Waals surface area contributed by atoms with Crippen LogP contribution in [0, 0.1) is 0 Å². The molecule has 1 heterocycles. The fourth-order valence-electron chi connectivity index (χ4n) is 2.80. The monoisotopic (exact) mass is 447 g/mol. The first kappa shape index (κ1) is 21.8. The Bertz CT molecular complexity index is 1190. The highest BCUT2D eigenvalue weighted by molar-refractivity contribution is 6.36. The summed E-state index contributed by atoms with van der Waals surface area (Å²) in [5.74, 6) is -1.39. The largest absolute Gasteiger partial charge is 0.448 e. The van der Waals surface area contributed by atoms with Crippen LogP contribution in [-0.2, 0) is 9.53 Å². The zero-order valence-corrected chi connectivity index (χ0v) is 18.0. The van der Waals surface area contributed by atoms with Gasteiger partial charge in [-0.15, -0.1) is 0 Å². The molecule has 2 aromatic carbocycles. The molecule has 156 valence electrons. The van der Waals surface area contributed by atoms with Crippen molar-refractivity contribution in [2.24, 2.45) is 0 Å². The highest BCUT2D eigenvalue weighted by Crippen LogP contribution is 2.25. The van der Waals surface area contributed by atoms with E-state index in [0.29, 0.717) is 21.5 Å². The van der Waals surface area contributed by atoms with Gasteiger partial charge in [0, 0.05) is 10.4 Å². The zero-order chi connectivity index (χ0) is 22.0. The number of nitrogens with one attached hydrogen (secondary N) is 1. The number of carbonyl (C=O) groups is 2. The van der Waals surface area contributed by atoms with Gasteiger partial charge in [0.15, 0.2) is 11.8 Å². The van der Waals surface area contributed by atoms with Gasteiger partial charge in [0.25, 0.3) is 11.5 Å². The molecule has 0 aliphatic heterocycles. The summed E-state index contributed by atoms with van der Waals surface area (Å²) in [5.41, 5.74) is -0.00528. The molecule has 0 saturated heterocycles. The van der Waals surface area contributed by atoms with E-state index in [2.05, 4.69) is 10.4 Å². The van der Waals surface area contributed by atoms with Gasteiger partial charge in [-0.1, -0.05) is 41.4 Å². The van der Waals surface area contributed by atoms with Gasteiger partial charge in [0.05, 0.1) is 22.1 Å². The molecule has 1 N–H and O–H groups in total. The molecule has 1 amide bonds. The third-order valence-electron chi connectivity index (χ3n) is 4.35. The molecule has 1 atom stereocenters. The van der Waals surface area contributed by atoms with E-state index in [9.17, 15) is 14.4 Å². The maximum atomic E-state index is 12.8. The molecule has 0 fully saturated rings. The normalized spacial score (nSPS) is 12.1. The van der Waals surface area contributed by atoms with Crippen LogP contribution in [0.5, 0.6) is 0 Å². The van der Waals surface area contributed by atoms with Gasteiger partial charge in [-0.2, -0.15) is 5.10 Å². The lowest BCUT2D eigenvalue weighted by Crippen LogP contribution is -2.32. The van der Waals surface area contributed by atoms with Crippen LogP contribution in [0.15, 0.2) is 47.3 Å². The van der Waals surface area contributed by atoms with Crippen molar-refractivity contribution in [3.63, 3.8) is 0 Å². The predicted octanol–water partition coefficient (Wildman–Crippen LogP) is 4.47. The lowest BCUT2D eigenvalue weighted by Gasteiger charge is -2.16. The van der Waals surface area contributed by atoms with Crippen LogP contribution in [0.2, 0.25) is 10.0 Å². The molecule has 1 aromatic heterocycles. The minimum absolute atomic E-state index is 0.0388. The molecule has 0 saturated carbocycles.